The average molecular weight is 329 g/mol. The highest BCUT2D eigenvalue weighted by Gasteiger charge is 2.54. The van der Waals surface area contributed by atoms with Gasteiger partial charge < -0.3 is 15.2 Å². The van der Waals surface area contributed by atoms with Gasteiger partial charge in [-0.2, -0.15) is 0 Å². The normalized spacial score (nSPS) is 34.8. The zero-order valence-electron chi connectivity index (χ0n) is 14.1. The van der Waals surface area contributed by atoms with Crippen molar-refractivity contribution in [3.8, 4) is 0 Å². The first-order chi connectivity index (χ1) is 11.7. The number of carbonyl (C=O) groups is 1. The Morgan fingerprint density at radius 3 is 2.25 bits per heavy atom. The minimum Gasteiger partial charge on any atom is -0.445 e. The van der Waals surface area contributed by atoms with Crippen LogP contribution in [-0.2, 0) is 11.3 Å². The fourth-order valence-corrected chi connectivity index (χ4v) is 5.90. The highest BCUT2D eigenvalue weighted by molar-refractivity contribution is 5.67. The molecule has 130 valence electrons. The Morgan fingerprint density at radius 2 is 1.71 bits per heavy atom. The molecule has 0 unspecified atom stereocenters. The van der Waals surface area contributed by atoms with Crippen molar-refractivity contribution in [1.82, 2.24) is 5.32 Å². The van der Waals surface area contributed by atoms with Crippen LogP contribution in [0.4, 0.5) is 4.79 Å². The largest absolute Gasteiger partial charge is 0.445 e. The standard InChI is InChI=1S/C20H27NO3/c22-12-18(21-19(23)24-13-14-4-2-1-3-5-14)20-9-15-6-16(10-20)8-17(7-15)11-20/h1-5,15-18,22H,6-13H2,(H,21,23)/t15?,16?,17?,18-,20?/m1/s1. The van der Waals surface area contributed by atoms with Gasteiger partial charge in [0.15, 0.2) is 0 Å². The molecule has 0 heterocycles. The van der Waals surface area contributed by atoms with Gasteiger partial charge in [0.25, 0.3) is 0 Å². The molecule has 5 rings (SSSR count). The van der Waals surface area contributed by atoms with Crippen molar-refractivity contribution >= 4 is 6.09 Å². The van der Waals surface area contributed by atoms with Crippen molar-refractivity contribution in [2.45, 2.75) is 51.2 Å². The molecule has 0 aliphatic heterocycles. The number of nitrogens with one attached hydrogen (secondary N) is 1. The third-order valence-electron chi connectivity index (χ3n) is 6.51. The van der Waals surface area contributed by atoms with E-state index >= 15 is 0 Å². The number of alkyl carbamates (subject to hydrolysis) is 1. The zero-order chi connectivity index (χ0) is 16.6. The van der Waals surface area contributed by atoms with E-state index in [1.807, 2.05) is 30.3 Å². The van der Waals surface area contributed by atoms with Crippen LogP contribution in [-0.4, -0.2) is 23.8 Å². The molecular formula is C20H27NO3. The fourth-order valence-electron chi connectivity index (χ4n) is 5.90. The molecule has 4 heteroatoms. The van der Waals surface area contributed by atoms with Gasteiger partial charge in [0.2, 0.25) is 0 Å². The monoisotopic (exact) mass is 329 g/mol. The van der Waals surface area contributed by atoms with Crippen molar-refractivity contribution in [3.05, 3.63) is 35.9 Å². The summed E-state index contributed by atoms with van der Waals surface area (Å²) in [5, 5.41) is 12.9. The van der Waals surface area contributed by atoms with Gasteiger partial charge in [0, 0.05) is 0 Å². The molecule has 4 fully saturated rings. The highest BCUT2D eigenvalue weighted by Crippen LogP contribution is 2.61. The molecule has 1 atom stereocenters. The second-order valence-corrected chi connectivity index (χ2v) is 8.22. The van der Waals surface area contributed by atoms with Crippen LogP contribution in [0.25, 0.3) is 0 Å². The van der Waals surface area contributed by atoms with E-state index in [1.165, 1.54) is 19.3 Å². The zero-order valence-corrected chi connectivity index (χ0v) is 14.1. The number of aliphatic hydroxyl groups is 1. The van der Waals surface area contributed by atoms with E-state index in [-0.39, 0.29) is 24.7 Å². The maximum Gasteiger partial charge on any atom is 0.407 e. The van der Waals surface area contributed by atoms with Gasteiger partial charge in [-0.05, 0) is 67.3 Å². The maximum absolute atomic E-state index is 12.2. The molecule has 0 aromatic heterocycles. The van der Waals surface area contributed by atoms with E-state index in [1.54, 1.807) is 0 Å². The molecule has 4 nitrogen and oxygen atoms in total. The summed E-state index contributed by atoms with van der Waals surface area (Å²) < 4.78 is 5.36. The van der Waals surface area contributed by atoms with E-state index in [9.17, 15) is 9.90 Å². The quantitative estimate of drug-likeness (QED) is 0.869. The summed E-state index contributed by atoms with van der Waals surface area (Å²) in [6, 6.07) is 9.52. The van der Waals surface area contributed by atoms with Crippen LogP contribution in [0, 0.1) is 23.2 Å². The Kier molecular flexibility index (Phi) is 4.25. The number of benzene rings is 1. The topological polar surface area (TPSA) is 58.6 Å². The first-order valence-corrected chi connectivity index (χ1v) is 9.25. The first kappa shape index (κ1) is 15.9. The predicted octanol–water partition coefficient (Wildman–Crippen LogP) is 3.49. The van der Waals surface area contributed by atoms with Gasteiger partial charge in [-0.15, -0.1) is 0 Å². The Morgan fingerprint density at radius 1 is 1.12 bits per heavy atom. The third kappa shape index (κ3) is 3.04. The number of amides is 1. The molecule has 1 aromatic rings. The fraction of sp³-hybridized carbons (Fsp3) is 0.650. The molecule has 0 saturated heterocycles. The van der Waals surface area contributed by atoms with Crippen LogP contribution in [0.2, 0.25) is 0 Å². The predicted molar refractivity (Wildman–Crippen MR) is 91.2 cm³/mol. The van der Waals surface area contributed by atoms with Gasteiger partial charge >= 0.3 is 6.09 Å². The van der Waals surface area contributed by atoms with Crippen molar-refractivity contribution in [1.29, 1.82) is 0 Å². The Labute approximate surface area is 143 Å². The summed E-state index contributed by atoms with van der Waals surface area (Å²) in [5.41, 5.74) is 1.07. The molecule has 4 aliphatic carbocycles. The second-order valence-electron chi connectivity index (χ2n) is 8.22. The first-order valence-electron chi connectivity index (χ1n) is 9.25. The summed E-state index contributed by atoms with van der Waals surface area (Å²) in [5.74, 6) is 2.40. The molecule has 4 bridgehead atoms. The Hall–Kier alpha value is -1.55. The summed E-state index contributed by atoms with van der Waals surface area (Å²) >= 11 is 0. The van der Waals surface area contributed by atoms with Crippen LogP contribution in [0.5, 0.6) is 0 Å². The van der Waals surface area contributed by atoms with Crippen LogP contribution in [0.1, 0.15) is 44.1 Å². The summed E-state index contributed by atoms with van der Waals surface area (Å²) in [7, 11) is 0. The number of carbonyl (C=O) groups excluding carboxylic acids is 1. The Bertz CT molecular complexity index is 551. The third-order valence-corrected chi connectivity index (χ3v) is 6.51. The lowest BCUT2D eigenvalue weighted by atomic mass is 9.48. The number of hydrogen-bond donors (Lipinski definition) is 2. The number of ether oxygens (including phenoxy) is 1. The molecule has 4 saturated carbocycles. The lowest BCUT2D eigenvalue weighted by Gasteiger charge is -2.59. The molecule has 1 amide bonds. The van der Waals surface area contributed by atoms with E-state index in [0.717, 1.165) is 42.6 Å². The molecule has 0 spiro atoms. The summed E-state index contributed by atoms with van der Waals surface area (Å²) in [6.07, 6.45) is 7.13. The maximum atomic E-state index is 12.2. The SMILES string of the molecule is O=C(N[C@H](CO)C12CC3CC(CC(C3)C1)C2)OCc1ccccc1. The van der Waals surface area contributed by atoms with Crippen molar-refractivity contribution < 1.29 is 14.6 Å². The van der Waals surface area contributed by atoms with Gasteiger partial charge in [-0.25, -0.2) is 4.79 Å². The van der Waals surface area contributed by atoms with Gasteiger partial charge in [-0.3, -0.25) is 0 Å². The smallest absolute Gasteiger partial charge is 0.407 e. The van der Waals surface area contributed by atoms with Crippen LogP contribution in [0.3, 0.4) is 0 Å². The minimum absolute atomic E-state index is 0.00654. The van der Waals surface area contributed by atoms with Crippen LogP contribution >= 0.6 is 0 Å². The van der Waals surface area contributed by atoms with E-state index < -0.39 is 6.09 Å². The lowest BCUT2D eigenvalue weighted by Crippen LogP contribution is -2.58. The van der Waals surface area contributed by atoms with E-state index in [4.69, 9.17) is 4.74 Å². The minimum atomic E-state index is -0.409. The summed E-state index contributed by atoms with van der Waals surface area (Å²) in [4.78, 5) is 12.2. The molecule has 1 aromatic carbocycles. The van der Waals surface area contributed by atoms with E-state index in [2.05, 4.69) is 5.32 Å². The van der Waals surface area contributed by atoms with Crippen molar-refractivity contribution in [2.24, 2.45) is 23.2 Å². The van der Waals surface area contributed by atoms with Crippen molar-refractivity contribution in [3.63, 3.8) is 0 Å². The van der Waals surface area contributed by atoms with Crippen LogP contribution < -0.4 is 5.32 Å². The van der Waals surface area contributed by atoms with Gasteiger partial charge in [0.05, 0.1) is 12.6 Å². The molecule has 0 radical (unpaired) electrons. The number of aliphatic hydroxyl groups excluding tert-OH is 1. The number of rotatable bonds is 5. The van der Waals surface area contributed by atoms with Gasteiger partial charge in [0.1, 0.15) is 6.61 Å². The molecule has 4 aliphatic rings. The van der Waals surface area contributed by atoms with Gasteiger partial charge in [-0.1, -0.05) is 30.3 Å². The second kappa shape index (κ2) is 6.40. The Balaban J connectivity index is 1.38. The van der Waals surface area contributed by atoms with E-state index in [0.29, 0.717) is 0 Å². The van der Waals surface area contributed by atoms with Crippen LogP contribution in [0.15, 0.2) is 30.3 Å². The molecule has 24 heavy (non-hydrogen) atoms. The highest BCUT2D eigenvalue weighted by atomic mass is 16.5. The number of hydrogen-bond acceptors (Lipinski definition) is 3. The average Bonchev–Trinajstić information content (AvgIpc) is 2.57. The van der Waals surface area contributed by atoms with Crippen molar-refractivity contribution in [2.75, 3.05) is 6.61 Å². The molecular weight excluding hydrogens is 302 g/mol. The summed E-state index contributed by atoms with van der Waals surface area (Å²) in [6.45, 7) is 0.276. The lowest BCUT2D eigenvalue weighted by molar-refractivity contribution is -0.0816. The molecule has 2 N–H and O–H groups in total.